The Hall–Kier alpha value is -2.02. The molecule has 1 heterocycles. The summed E-state index contributed by atoms with van der Waals surface area (Å²) in [6.07, 6.45) is 1.35. The van der Waals surface area contributed by atoms with Crippen LogP contribution in [0.5, 0.6) is 0 Å². The summed E-state index contributed by atoms with van der Waals surface area (Å²) in [7, 11) is 0. The predicted octanol–water partition coefficient (Wildman–Crippen LogP) is -0.906. The van der Waals surface area contributed by atoms with Crippen molar-refractivity contribution in [2.75, 3.05) is 23.7 Å². The van der Waals surface area contributed by atoms with Crippen molar-refractivity contribution >= 4 is 34.9 Å². The zero-order valence-electron chi connectivity index (χ0n) is 8.89. The van der Waals surface area contributed by atoms with Gasteiger partial charge in [0.1, 0.15) is 0 Å². The number of nitrogens with zero attached hydrogens (tertiary/aromatic N) is 2. The van der Waals surface area contributed by atoms with Gasteiger partial charge in [-0.25, -0.2) is 4.98 Å². The van der Waals surface area contributed by atoms with Crippen LogP contribution in [0.4, 0.5) is 11.5 Å². The quantitative estimate of drug-likeness (QED) is 0.629. The summed E-state index contributed by atoms with van der Waals surface area (Å²) >= 11 is 5.69. The number of pyridine rings is 1. The lowest BCUT2D eigenvalue weighted by molar-refractivity contribution is -0.117. The van der Waals surface area contributed by atoms with Gasteiger partial charge in [-0.1, -0.05) is 11.6 Å². The highest BCUT2D eigenvalue weighted by atomic mass is 35.5. The Bertz CT molecular complexity index is 435. The first-order chi connectivity index (χ1) is 7.90. The molecule has 17 heavy (non-hydrogen) atoms. The van der Waals surface area contributed by atoms with Crippen LogP contribution in [-0.2, 0) is 9.59 Å². The van der Waals surface area contributed by atoms with Crippen LogP contribution in [0.3, 0.4) is 0 Å². The fraction of sp³-hybridized carbons (Fsp3) is 0.222. The number of carbonyl (C=O) groups excluding carboxylic acids is 2. The van der Waals surface area contributed by atoms with Crippen molar-refractivity contribution in [3.05, 3.63) is 17.3 Å². The third kappa shape index (κ3) is 3.80. The third-order valence-electron chi connectivity index (χ3n) is 1.85. The maximum absolute atomic E-state index is 10.9. The Morgan fingerprint density at radius 1 is 1.29 bits per heavy atom. The number of hydrogen-bond donors (Lipinski definition) is 3. The van der Waals surface area contributed by atoms with Crippen LogP contribution in [0, 0.1) is 0 Å². The molecule has 0 bridgehead atoms. The van der Waals surface area contributed by atoms with Gasteiger partial charge in [-0.2, -0.15) is 0 Å². The van der Waals surface area contributed by atoms with Crippen molar-refractivity contribution < 1.29 is 9.59 Å². The minimum absolute atomic E-state index is 0.207. The number of nitrogens with two attached hydrogens (primary N) is 3. The first kappa shape index (κ1) is 13.0. The molecule has 0 aliphatic heterocycles. The van der Waals surface area contributed by atoms with E-state index >= 15 is 0 Å². The van der Waals surface area contributed by atoms with Gasteiger partial charge in [-0.15, -0.1) is 0 Å². The van der Waals surface area contributed by atoms with Crippen LogP contribution in [0.1, 0.15) is 0 Å². The highest BCUT2D eigenvalue weighted by Gasteiger charge is 2.16. The van der Waals surface area contributed by atoms with E-state index in [0.717, 1.165) is 0 Å². The molecule has 0 aromatic carbocycles. The number of anilines is 2. The van der Waals surface area contributed by atoms with E-state index in [1.807, 2.05) is 0 Å². The molecule has 0 fully saturated rings. The Labute approximate surface area is 103 Å². The van der Waals surface area contributed by atoms with Crippen molar-refractivity contribution in [3.8, 4) is 0 Å². The lowest BCUT2D eigenvalue weighted by atomic mass is 10.3. The number of rotatable bonds is 5. The summed E-state index contributed by atoms with van der Waals surface area (Å²) in [5.74, 6) is -1.00. The normalized spacial score (nSPS) is 9.94. The predicted molar refractivity (Wildman–Crippen MR) is 64.3 cm³/mol. The fourth-order valence-electron chi connectivity index (χ4n) is 1.29. The maximum atomic E-state index is 10.9. The number of nitrogen functional groups attached to an aromatic ring is 1. The molecular formula is C9H12ClN5O2. The monoisotopic (exact) mass is 257 g/mol. The molecule has 0 saturated carbocycles. The molecule has 1 aromatic heterocycles. The SMILES string of the molecule is NC(=O)CN(CC(N)=O)c1ncc(Cl)cc1N. The van der Waals surface area contributed by atoms with E-state index in [9.17, 15) is 9.59 Å². The zero-order chi connectivity index (χ0) is 13.0. The van der Waals surface area contributed by atoms with Crippen LogP contribution in [-0.4, -0.2) is 29.9 Å². The van der Waals surface area contributed by atoms with Gasteiger partial charge in [-0.05, 0) is 6.07 Å². The van der Waals surface area contributed by atoms with Crippen molar-refractivity contribution in [1.29, 1.82) is 0 Å². The van der Waals surface area contributed by atoms with E-state index in [0.29, 0.717) is 5.02 Å². The molecule has 0 aliphatic carbocycles. The molecule has 0 spiro atoms. The molecule has 2 amide bonds. The summed E-state index contributed by atoms with van der Waals surface area (Å²) in [5.41, 5.74) is 16.0. The third-order valence-corrected chi connectivity index (χ3v) is 2.06. The average molecular weight is 258 g/mol. The maximum Gasteiger partial charge on any atom is 0.237 e. The number of amides is 2. The highest BCUT2D eigenvalue weighted by Crippen LogP contribution is 2.22. The molecule has 0 unspecified atom stereocenters. The number of carbonyl (C=O) groups is 2. The van der Waals surface area contributed by atoms with Crippen molar-refractivity contribution in [3.63, 3.8) is 0 Å². The van der Waals surface area contributed by atoms with E-state index < -0.39 is 11.8 Å². The molecule has 8 heteroatoms. The van der Waals surface area contributed by atoms with Crippen LogP contribution >= 0.6 is 11.6 Å². The fourth-order valence-corrected chi connectivity index (χ4v) is 1.46. The van der Waals surface area contributed by atoms with Gasteiger partial charge in [0.15, 0.2) is 5.82 Å². The Morgan fingerprint density at radius 3 is 2.24 bits per heavy atom. The second kappa shape index (κ2) is 5.35. The molecule has 6 N–H and O–H groups in total. The summed E-state index contributed by atoms with van der Waals surface area (Å²) < 4.78 is 0. The van der Waals surface area contributed by atoms with E-state index in [1.165, 1.54) is 17.2 Å². The topological polar surface area (TPSA) is 128 Å². The number of halogens is 1. The number of hydrogen-bond acceptors (Lipinski definition) is 5. The molecule has 0 saturated heterocycles. The van der Waals surface area contributed by atoms with Gasteiger partial charge in [-0.3, -0.25) is 9.59 Å². The Balaban J connectivity index is 3.02. The smallest absolute Gasteiger partial charge is 0.237 e. The van der Waals surface area contributed by atoms with E-state index in [2.05, 4.69) is 4.98 Å². The summed E-state index contributed by atoms with van der Waals surface area (Å²) in [4.78, 5) is 27.0. The Morgan fingerprint density at radius 2 is 1.82 bits per heavy atom. The summed E-state index contributed by atoms with van der Waals surface area (Å²) in [6.45, 7) is -0.413. The number of aromatic nitrogens is 1. The molecule has 92 valence electrons. The number of primary amides is 2. The highest BCUT2D eigenvalue weighted by molar-refractivity contribution is 6.30. The average Bonchev–Trinajstić information content (AvgIpc) is 2.14. The van der Waals surface area contributed by atoms with E-state index in [1.54, 1.807) is 0 Å². The largest absolute Gasteiger partial charge is 0.396 e. The van der Waals surface area contributed by atoms with Crippen molar-refractivity contribution in [1.82, 2.24) is 4.98 Å². The van der Waals surface area contributed by atoms with Gasteiger partial charge < -0.3 is 22.1 Å². The standard InChI is InChI=1S/C9H12ClN5O2/c10-5-1-6(11)9(14-2-5)15(3-7(12)16)4-8(13)17/h1-2H,3-4,11H2,(H2,12,16)(H2,13,17). The minimum Gasteiger partial charge on any atom is -0.396 e. The minimum atomic E-state index is -0.623. The van der Waals surface area contributed by atoms with Gasteiger partial charge >= 0.3 is 0 Å². The molecule has 0 atom stereocenters. The summed E-state index contributed by atoms with van der Waals surface area (Å²) in [5, 5.41) is 0.351. The lowest BCUT2D eigenvalue weighted by Crippen LogP contribution is -2.40. The van der Waals surface area contributed by atoms with Crippen molar-refractivity contribution in [2.24, 2.45) is 11.5 Å². The first-order valence-electron chi connectivity index (χ1n) is 4.62. The second-order valence-corrected chi connectivity index (χ2v) is 3.79. The second-order valence-electron chi connectivity index (χ2n) is 3.36. The molecular weight excluding hydrogens is 246 g/mol. The molecule has 0 radical (unpaired) electrons. The van der Waals surface area contributed by atoms with E-state index in [4.69, 9.17) is 28.8 Å². The van der Waals surface area contributed by atoms with E-state index in [-0.39, 0.29) is 24.6 Å². The van der Waals surface area contributed by atoms with Crippen molar-refractivity contribution in [2.45, 2.75) is 0 Å². The van der Waals surface area contributed by atoms with Crippen LogP contribution in [0.15, 0.2) is 12.3 Å². The zero-order valence-corrected chi connectivity index (χ0v) is 9.65. The van der Waals surface area contributed by atoms with Gasteiger partial charge in [0.25, 0.3) is 0 Å². The first-order valence-corrected chi connectivity index (χ1v) is 5.00. The van der Waals surface area contributed by atoms with Gasteiger partial charge in [0.2, 0.25) is 11.8 Å². The van der Waals surface area contributed by atoms with Crippen LogP contribution < -0.4 is 22.1 Å². The molecule has 1 rings (SSSR count). The summed E-state index contributed by atoms with van der Waals surface area (Å²) in [6, 6.07) is 1.46. The lowest BCUT2D eigenvalue weighted by Gasteiger charge is -2.21. The molecule has 0 aliphatic rings. The molecule has 1 aromatic rings. The molecule has 7 nitrogen and oxygen atoms in total. The van der Waals surface area contributed by atoms with Gasteiger partial charge in [0, 0.05) is 6.20 Å². The van der Waals surface area contributed by atoms with Crippen LogP contribution in [0.2, 0.25) is 5.02 Å². The Kier molecular flexibility index (Phi) is 4.11. The van der Waals surface area contributed by atoms with Gasteiger partial charge in [0.05, 0.1) is 23.8 Å². The van der Waals surface area contributed by atoms with Crippen LogP contribution in [0.25, 0.3) is 0 Å².